The summed E-state index contributed by atoms with van der Waals surface area (Å²) >= 11 is 6.62. The van der Waals surface area contributed by atoms with Crippen LogP contribution in [0.5, 0.6) is 5.75 Å². The van der Waals surface area contributed by atoms with Gasteiger partial charge in [0.25, 0.3) is 0 Å². The highest BCUT2D eigenvalue weighted by atomic mass is 35.5. The minimum Gasteiger partial charge on any atom is -0.480 e. The van der Waals surface area contributed by atoms with Gasteiger partial charge in [-0.2, -0.15) is 0 Å². The number of carbonyl (C=O) groups excluding carboxylic acids is 1. The summed E-state index contributed by atoms with van der Waals surface area (Å²) in [6.45, 7) is 13.9. The predicted molar refractivity (Wildman–Crippen MR) is 146 cm³/mol. The summed E-state index contributed by atoms with van der Waals surface area (Å²) in [6.07, 6.45) is 1.50. The third-order valence-corrected chi connectivity index (χ3v) is 8.61. The quantitative estimate of drug-likeness (QED) is 0.444. The van der Waals surface area contributed by atoms with Crippen molar-refractivity contribution in [3.63, 3.8) is 0 Å². The fourth-order valence-corrected chi connectivity index (χ4v) is 5.94. The van der Waals surface area contributed by atoms with Crippen LogP contribution < -0.4 is 10.2 Å². The van der Waals surface area contributed by atoms with Crippen molar-refractivity contribution >= 4 is 30.3 Å². The molecule has 204 valence electrons. The first kappa shape index (κ1) is 27.3. The number of fused-ring (bicyclic) bond motifs is 1. The molecule has 0 N–H and O–H groups in total. The molecule has 2 aromatic rings. The fraction of sp³-hybridized carbons (Fsp3) is 0.552. The van der Waals surface area contributed by atoms with Crippen LogP contribution in [0, 0.1) is 5.82 Å². The summed E-state index contributed by atoms with van der Waals surface area (Å²) < 4.78 is 40.4. The molecule has 2 unspecified atom stereocenters. The van der Waals surface area contributed by atoms with Crippen LogP contribution in [0.2, 0.25) is 5.02 Å². The van der Waals surface area contributed by atoms with Gasteiger partial charge in [0.1, 0.15) is 17.2 Å². The van der Waals surface area contributed by atoms with Gasteiger partial charge in [-0.05, 0) is 66.9 Å². The Labute approximate surface area is 229 Å². The maximum absolute atomic E-state index is 15.3. The van der Waals surface area contributed by atoms with Crippen molar-refractivity contribution in [2.45, 2.75) is 96.2 Å². The third kappa shape index (κ3) is 4.48. The van der Waals surface area contributed by atoms with E-state index in [9.17, 15) is 4.79 Å². The van der Waals surface area contributed by atoms with Crippen LogP contribution in [-0.4, -0.2) is 47.5 Å². The monoisotopic (exact) mass is 543 g/mol. The minimum absolute atomic E-state index is 0.0369. The van der Waals surface area contributed by atoms with Crippen molar-refractivity contribution in [1.82, 2.24) is 4.90 Å². The summed E-state index contributed by atoms with van der Waals surface area (Å²) in [5.41, 5.74) is -0.788. The molecule has 2 saturated heterocycles. The average Bonchev–Trinajstić information content (AvgIpc) is 3.49. The first-order valence-corrected chi connectivity index (χ1v) is 13.6. The Balaban J connectivity index is 1.61. The molecule has 3 heterocycles. The van der Waals surface area contributed by atoms with Crippen molar-refractivity contribution in [2.75, 3.05) is 6.54 Å². The van der Waals surface area contributed by atoms with Gasteiger partial charge in [-0.25, -0.2) is 9.18 Å². The Morgan fingerprint density at radius 1 is 1.13 bits per heavy atom. The standard InChI is InChI=1S/C29H36BClFNO5/c1-26(2,3)36-25(34)33-15-11-14-22(33)29(18-12-9-8-10-13-18)17-19-21(35-29)16-20(32)24(31)23(19)30-37-27(4,5)28(6,7)38-30/h8-10,12-13,16,22H,11,14-15,17H2,1-7H3. The number of halogens is 2. The molecule has 1 amide bonds. The summed E-state index contributed by atoms with van der Waals surface area (Å²) in [5.74, 6) is -0.217. The van der Waals surface area contributed by atoms with Crippen molar-refractivity contribution in [3.05, 3.63) is 58.4 Å². The van der Waals surface area contributed by atoms with Crippen LogP contribution in [0.15, 0.2) is 36.4 Å². The minimum atomic E-state index is -0.966. The van der Waals surface area contributed by atoms with Crippen LogP contribution in [-0.2, 0) is 26.1 Å². The van der Waals surface area contributed by atoms with E-state index in [1.807, 2.05) is 78.8 Å². The number of rotatable bonds is 3. The van der Waals surface area contributed by atoms with Crippen molar-refractivity contribution in [2.24, 2.45) is 0 Å². The number of nitrogens with zero attached hydrogens (tertiary/aromatic N) is 1. The predicted octanol–water partition coefficient (Wildman–Crippen LogP) is 6.01. The Morgan fingerprint density at radius 3 is 2.37 bits per heavy atom. The number of carbonyl (C=O) groups is 1. The van der Waals surface area contributed by atoms with E-state index in [1.54, 1.807) is 4.90 Å². The molecule has 3 aliphatic heterocycles. The molecule has 0 radical (unpaired) electrons. The molecule has 2 fully saturated rings. The molecule has 9 heteroatoms. The molecule has 2 aromatic carbocycles. The maximum Gasteiger partial charge on any atom is 0.496 e. The van der Waals surface area contributed by atoms with Gasteiger partial charge in [0.15, 0.2) is 5.60 Å². The zero-order valence-corrected chi connectivity index (χ0v) is 23.9. The van der Waals surface area contributed by atoms with Gasteiger partial charge in [-0.15, -0.1) is 0 Å². The second kappa shape index (κ2) is 9.14. The SMILES string of the molecule is CC(C)(C)OC(=O)N1CCCC1C1(c2ccccc2)Cc2c(cc(F)c(Cl)c2B2OC(C)(C)C(C)(C)O2)O1. The summed E-state index contributed by atoms with van der Waals surface area (Å²) in [7, 11) is -0.863. The molecule has 6 nitrogen and oxygen atoms in total. The highest BCUT2D eigenvalue weighted by Gasteiger charge is 2.57. The summed E-state index contributed by atoms with van der Waals surface area (Å²) in [5, 5.41) is -0.0369. The van der Waals surface area contributed by atoms with Crippen LogP contribution in [0.4, 0.5) is 9.18 Å². The van der Waals surface area contributed by atoms with Crippen LogP contribution >= 0.6 is 11.6 Å². The van der Waals surface area contributed by atoms with E-state index in [-0.39, 0.29) is 17.2 Å². The van der Waals surface area contributed by atoms with Gasteiger partial charge in [0.2, 0.25) is 0 Å². The zero-order chi connectivity index (χ0) is 27.7. The Hall–Kier alpha value is -2.29. The van der Waals surface area contributed by atoms with Gasteiger partial charge in [-0.3, -0.25) is 0 Å². The van der Waals surface area contributed by atoms with E-state index < -0.39 is 35.3 Å². The first-order chi connectivity index (χ1) is 17.7. The Bertz CT molecular complexity index is 1230. The molecule has 0 aliphatic carbocycles. The van der Waals surface area contributed by atoms with Gasteiger partial charge < -0.3 is 23.7 Å². The average molecular weight is 544 g/mol. The number of ether oxygens (including phenoxy) is 2. The maximum atomic E-state index is 15.3. The smallest absolute Gasteiger partial charge is 0.480 e. The second-order valence-electron chi connectivity index (χ2n) is 12.5. The Morgan fingerprint density at radius 2 is 1.76 bits per heavy atom. The summed E-state index contributed by atoms with van der Waals surface area (Å²) in [6, 6.07) is 10.8. The molecule has 38 heavy (non-hydrogen) atoms. The molecule has 0 bridgehead atoms. The van der Waals surface area contributed by atoms with Crippen molar-refractivity contribution in [1.29, 1.82) is 0 Å². The van der Waals surface area contributed by atoms with Gasteiger partial charge in [0.05, 0.1) is 22.3 Å². The lowest BCUT2D eigenvalue weighted by molar-refractivity contribution is -0.0216. The van der Waals surface area contributed by atoms with Crippen molar-refractivity contribution in [3.8, 4) is 5.75 Å². The first-order valence-electron chi connectivity index (χ1n) is 13.3. The number of amides is 1. The van der Waals surface area contributed by atoms with Crippen LogP contribution in [0.3, 0.4) is 0 Å². The lowest BCUT2D eigenvalue weighted by Gasteiger charge is -2.40. The van der Waals surface area contributed by atoms with Crippen molar-refractivity contribution < 1.29 is 28.0 Å². The van der Waals surface area contributed by atoms with E-state index >= 15 is 4.39 Å². The topological polar surface area (TPSA) is 57.2 Å². The number of benzene rings is 2. The largest absolute Gasteiger partial charge is 0.496 e. The number of hydrogen-bond acceptors (Lipinski definition) is 5. The van der Waals surface area contributed by atoms with E-state index in [0.717, 1.165) is 17.5 Å². The van der Waals surface area contributed by atoms with Gasteiger partial charge in [-0.1, -0.05) is 41.9 Å². The van der Waals surface area contributed by atoms with Gasteiger partial charge >= 0.3 is 13.2 Å². The fourth-order valence-electron chi connectivity index (χ4n) is 5.68. The third-order valence-electron chi connectivity index (χ3n) is 8.23. The number of likely N-dealkylation sites (tertiary alicyclic amines) is 1. The number of hydrogen-bond donors (Lipinski definition) is 0. The molecule has 0 aromatic heterocycles. The lowest BCUT2D eigenvalue weighted by Crippen LogP contribution is -2.53. The zero-order valence-electron chi connectivity index (χ0n) is 23.2. The Kier molecular flexibility index (Phi) is 6.56. The highest BCUT2D eigenvalue weighted by molar-refractivity contribution is 6.66. The molecule has 0 spiro atoms. The molecule has 3 aliphatic rings. The highest BCUT2D eigenvalue weighted by Crippen LogP contribution is 2.49. The molecule has 2 atom stereocenters. The molecular formula is C29H36BClFNO5. The van der Waals surface area contributed by atoms with E-state index in [4.69, 9.17) is 30.4 Å². The van der Waals surface area contributed by atoms with Crippen LogP contribution in [0.1, 0.15) is 72.4 Å². The van der Waals surface area contributed by atoms with E-state index in [2.05, 4.69) is 0 Å². The van der Waals surface area contributed by atoms with E-state index in [1.165, 1.54) is 6.07 Å². The molecule has 0 saturated carbocycles. The normalized spacial score (nSPS) is 25.9. The molecule has 5 rings (SSSR count). The molecular weight excluding hydrogens is 508 g/mol. The van der Waals surface area contributed by atoms with Crippen LogP contribution in [0.25, 0.3) is 0 Å². The second-order valence-corrected chi connectivity index (χ2v) is 12.9. The summed E-state index contributed by atoms with van der Waals surface area (Å²) in [4.78, 5) is 15.1. The lowest BCUT2D eigenvalue weighted by atomic mass is 9.72. The van der Waals surface area contributed by atoms with E-state index in [0.29, 0.717) is 30.6 Å². The van der Waals surface area contributed by atoms with Gasteiger partial charge in [0, 0.05) is 30.1 Å².